The average molecular weight is 358 g/mol. The van der Waals surface area contributed by atoms with Crippen LogP contribution in [-0.2, 0) is 12.8 Å². The number of halogens is 2. The highest BCUT2D eigenvalue weighted by Gasteiger charge is 2.19. The van der Waals surface area contributed by atoms with Gasteiger partial charge in [-0.1, -0.05) is 0 Å². The first kappa shape index (κ1) is 16.8. The molecule has 0 saturated carbocycles. The van der Waals surface area contributed by atoms with Gasteiger partial charge >= 0.3 is 0 Å². The number of H-pyrrole nitrogens is 1. The molecule has 1 aromatic heterocycles. The van der Waals surface area contributed by atoms with Gasteiger partial charge in [0.25, 0.3) is 0 Å². The highest BCUT2D eigenvalue weighted by Crippen LogP contribution is 2.36. The van der Waals surface area contributed by atoms with E-state index in [1.165, 1.54) is 18.2 Å². The Hall–Kier alpha value is -2.60. The summed E-state index contributed by atoms with van der Waals surface area (Å²) in [6.45, 7) is 2.35. The molecule has 0 amide bonds. The molecule has 1 aliphatic heterocycles. The van der Waals surface area contributed by atoms with Crippen LogP contribution in [0.5, 0.6) is 11.5 Å². The van der Waals surface area contributed by atoms with Gasteiger partial charge in [0.15, 0.2) is 11.5 Å². The zero-order chi connectivity index (χ0) is 17.9. The highest BCUT2D eigenvalue weighted by molar-refractivity contribution is 5.83. The number of hydrogen-bond acceptors (Lipinski definition) is 3. The molecule has 0 spiro atoms. The van der Waals surface area contributed by atoms with Crippen molar-refractivity contribution >= 4 is 10.9 Å². The zero-order valence-corrected chi connectivity index (χ0v) is 14.3. The molecule has 136 valence electrons. The van der Waals surface area contributed by atoms with Crippen LogP contribution in [0.2, 0.25) is 0 Å². The quantitative estimate of drug-likeness (QED) is 0.635. The Morgan fingerprint density at radius 2 is 2.04 bits per heavy atom. The summed E-state index contributed by atoms with van der Waals surface area (Å²) >= 11 is 0. The second-order valence-corrected chi connectivity index (χ2v) is 6.34. The first-order chi connectivity index (χ1) is 12.7. The molecule has 4 rings (SSSR count). The van der Waals surface area contributed by atoms with E-state index < -0.39 is 0 Å². The summed E-state index contributed by atoms with van der Waals surface area (Å²) in [6, 6.07) is 7.61. The van der Waals surface area contributed by atoms with Crippen LogP contribution in [0.25, 0.3) is 10.9 Å². The second kappa shape index (κ2) is 7.33. The number of aromatic nitrogens is 1. The summed E-state index contributed by atoms with van der Waals surface area (Å²) in [6.07, 6.45) is 3.41. The van der Waals surface area contributed by atoms with Gasteiger partial charge in [0.05, 0.1) is 6.61 Å². The Morgan fingerprint density at radius 3 is 2.96 bits per heavy atom. The fraction of sp³-hybridized carbons (Fsp3) is 0.300. The number of rotatable bonds is 7. The molecule has 4 nitrogen and oxygen atoms in total. The molecule has 0 radical (unpaired) electrons. The summed E-state index contributed by atoms with van der Waals surface area (Å²) in [5.41, 5.74) is 2.87. The zero-order valence-electron chi connectivity index (χ0n) is 14.3. The lowest BCUT2D eigenvalue weighted by Crippen LogP contribution is -2.23. The van der Waals surface area contributed by atoms with E-state index >= 15 is 0 Å². The monoisotopic (exact) mass is 358 g/mol. The molecule has 0 aliphatic carbocycles. The SMILES string of the molecule is Fc1cc2c(c(OCCNCCc3c[nH]c4ccc(F)cc34)c1)OCC2. The van der Waals surface area contributed by atoms with Crippen molar-refractivity contribution in [2.75, 3.05) is 26.3 Å². The first-order valence-corrected chi connectivity index (χ1v) is 8.75. The molecule has 2 heterocycles. The normalized spacial score (nSPS) is 13.0. The number of nitrogens with one attached hydrogen (secondary N) is 2. The van der Waals surface area contributed by atoms with E-state index in [2.05, 4.69) is 10.3 Å². The molecule has 26 heavy (non-hydrogen) atoms. The van der Waals surface area contributed by atoms with Gasteiger partial charge in [-0.15, -0.1) is 0 Å². The van der Waals surface area contributed by atoms with E-state index in [9.17, 15) is 8.78 Å². The Morgan fingerprint density at radius 1 is 1.12 bits per heavy atom. The van der Waals surface area contributed by atoms with Crippen LogP contribution in [0.15, 0.2) is 36.5 Å². The summed E-state index contributed by atoms with van der Waals surface area (Å²) < 4.78 is 38.2. The minimum atomic E-state index is -0.302. The predicted octanol–water partition coefficient (Wildman–Crippen LogP) is 3.59. The van der Waals surface area contributed by atoms with Crippen LogP contribution in [0.1, 0.15) is 11.1 Å². The standard InChI is InChI=1S/C20H20F2N2O2/c21-15-1-2-18-17(10-15)14(12-24-18)3-5-23-6-8-25-19-11-16(22)9-13-4-7-26-20(13)19/h1-2,9-12,23-24H,3-8H2. The van der Waals surface area contributed by atoms with Gasteiger partial charge in [-0.2, -0.15) is 0 Å². The van der Waals surface area contributed by atoms with Gasteiger partial charge in [-0.05, 0) is 42.8 Å². The maximum Gasteiger partial charge on any atom is 0.164 e. The number of fused-ring (bicyclic) bond motifs is 2. The Bertz CT molecular complexity index is 924. The minimum absolute atomic E-state index is 0.232. The molecule has 3 aromatic rings. The molecule has 0 fully saturated rings. The first-order valence-electron chi connectivity index (χ1n) is 8.75. The number of ether oxygens (including phenoxy) is 2. The summed E-state index contributed by atoms with van der Waals surface area (Å²) in [5.74, 6) is 0.590. The van der Waals surface area contributed by atoms with E-state index in [0.29, 0.717) is 37.7 Å². The number of aromatic amines is 1. The Kier molecular flexibility index (Phi) is 4.75. The Balaban J connectivity index is 1.25. The van der Waals surface area contributed by atoms with Gasteiger partial charge < -0.3 is 19.8 Å². The molecule has 1 aliphatic rings. The fourth-order valence-electron chi connectivity index (χ4n) is 3.28. The van der Waals surface area contributed by atoms with Crippen LogP contribution in [-0.4, -0.2) is 31.3 Å². The van der Waals surface area contributed by atoms with Crippen molar-refractivity contribution < 1.29 is 18.3 Å². The predicted molar refractivity (Wildman–Crippen MR) is 95.9 cm³/mol. The van der Waals surface area contributed by atoms with Gasteiger partial charge in [-0.3, -0.25) is 0 Å². The van der Waals surface area contributed by atoms with Gasteiger partial charge in [0.2, 0.25) is 0 Å². The maximum atomic E-state index is 13.6. The van der Waals surface area contributed by atoms with Crippen LogP contribution in [0.3, 0.4) is 0 Å². The summed E-state index contributed by atoms with van der Waals surface area (Å²) in [4.78, 5) is 3.15. The average Bonchev–Trinajstić information content (AvgIpc) is 3.24. The number of benzene rings is 2. The minimum Gasteiger partial charge on any atom is -0.489 e. The molecular formula is C20H20F2N2O2. The van der Waals surface area contributed by atoms with Crippen molar-refractivity contribution in [1.29, 1.82) is 0 Å². The van der Waals surface area contributed by atoms with E-state index in [1.807, 2.05) is 6.20 Å². The van der Waals surface area contributed by atoms with Crippen molar-refractivity contribution in [1.82, 2.24) is 10.3 Å². The van der Waals surface area contributed by atoms with E-state index in [-0.39, 0.29) is 11.6 Å². The van der Waals surface area contributed by atoms with E-state index in [4.69, 9.17) is 9.47 Å². The van der Waals surface area contributed by atoms with Crippen molar-refractivity contribution in [3.05, 3.63) is 59.3 Å². The maximum absolute atomic E-state index is 13.6. The summed E-state index contributed by atoms with van der Waals surface area (Å²) in [7, 11) is 0. The topological polar surface area (TPSA) is 46.3 Å². The largest absolute Gasteiger partial charge is 0.489 e. The lowest BCUT2D eigenvalue weighted by atomic mass is 10.1. The molecule has 6 heteroatoms. The third kappa shape index (κ3) is 3.51. The van der Waals surface area contributed by atoms with E-state index in [1.54, 1.807) is 12.1 Å². The van der Waals surface area contributed by atoms with Crippen molar-refractivity contribution in [3.63, 3.8) is 0 Å². The lowest BCUT2D eigenvalue weighted by molar-refractivity contribution is 0.283. The molecule has 0 atom stereocenters. The number of hydrogen-bond donors (Lipinski definition) is 2. The highest BCUT2D eigenvalue weighted by atomic mass is 19.1. The fourth-order valence-corrected chi connectivity index (χ4v) is 3.28. The van der Waals surface area contributed by atoms with Gasteiger partial charge in [0.1, 0.15) is 18.2 Å². The third-order valence-electron chi connectivity index (χ3n) is 4.55. The molecular weight excluding hydrogens is 338 g/mol. The van der Waals surface area contributed by atoms with Gasteiger partial charge in [-0.25, -0.2) is 8.78 Å². The van der Waals surface area contributed by atoms with Crippen molar-refractivity contribution in [2.24, 2.45) is 0 Å². The molecule has 0 bridgehead atoms. The lowest BCUT2D eigenvalue weighted by Gasteiger charge is -2.11. The van der Waals surface area contributed by atoms with Crippen molar-refractivity contribution in [2.45, 2.75) is 12.8 Å². The second-order valence-electron chi connectivity index (χ2n) is 6.34. The third-order valence-corrected chi connectivity index (χ3v) is 4.55. The smallest absolute Gasteiger partial charge is 0.164 e. The van der Waals surface area contributed by atoms with Crippen LogP contribution < -0.4 is 14.8 Å². The molecule has 0 saturated heterocycles. The van der Waals surface area contributed by atoms with E-state index in [0.717, 1.165) is 35.0 Å². The van der Waals surface area contributed by atoms with Gasteiger partial charge in [0, 0.05) is 41.7 Å². The molecule has 2 N–H and O–H groups in total. The molecule has 2 aromatic carbocycles. The molecule has 0 unspecified atom stereocenters. The van der Waals surface area contributed by atoms with Crippen LogP contribution in [0, 0.1) is 11.6 Å². The Labute approximate surface area is 150 Å². The van der Waals surface area contributed by atoms with Crippen molar-refractivity contribution in [3.8, 4) is 11.5 Å². The summed E-state index contributed by atoms with van der Waals surface area (Å²) in [5, 5.41) is 4.20. The van der Waals surface area contributed by atoms with Crippen LogP contribution >= 0.6 is 0 Å². The van der Waals surface area contributed by atoms with Crippen LogP contribution in [0.4, 0.5) is 8.78 Å².